The average Bonchev–Trinajstić information content (AvgIpc) is 2.19. The second kappa shape index (κ2) is 9.48. The van der Waals surface area contributed by atoms with Gasteiger partial charge in [0.15, 0.2) is 0 Å². The maximum absolute atomic E-state index is 10.8. The van der Waals surface area contributed by atoms with Gasteiger partial charge >= 0.3 is 5.97 Å². The van der Waals surface area contributed by atoms with E-state index in [2.05, 4.69) is 4.74 Å². The maximum atomic E-state index is 10.8. The largest absolute Gasteiger partial charge is 0.469 e. The standard InChI is InChI=1S/C7H15NO3.C2H6/c1-5(7(10)11-2)3-6(9)4-8;1-2/h5-6,9H,3-4,8H2,1-2H3;1-2H3/t5?,6-;/m1./s1. The fourth-order valence-electron chi connectivity index (χ4n) is 0.802. The van der Waals surface area contributed by atoms with Gasteiger partial charge in [-0.15, -0.1) is 0 Å². The van der Waals surface area contributed by atoms with Crippen LogP contribution < -0.4 is 5.73 Å². The number of carbonyl (C=O) groups excluding carboxylic acids is 1. The minimum Gasteiger partial charge on any atom is -0.469 e. The highest BCUT2D eigenvalue weighted by molar-refractivity contribution is 5.71. The predicted molar refractivity (Wildman–Crippen MR) is 52.2 cm³/mol. The van der Waals surface area contributed by atoms with Crippen molar-refractivity contribution in [1.29, 1.82) is 0 Å². The van der Waals surface area contributed by atoms with Crippen molar-refractivity contribution in [2.24, 2.45) is 11.7 Å². The number of ether oxygens (including phenoxy) is 1. The van der Waals surface area contributed by atoms with E-state index in [1.54, 1.807) is 6.92 Å². The molecule has 0 fully saturated rings. The molecule has 0 aliphatic carbocycles. The van der Waals surface area contributed by atoms with Gasteiger partial charge in [-0.2, -0.15) is 0 Å². The van der Waals surface area contributed by atoms with Crippen molar-refractivity contribution in [3.8, 4) is 0 Å². The van der Waals surface area contributed by atoms with Gasteiger partial charge < -0.3 is 15.6 Å². The predicted octanol–water partition coefficient (Wildman–Crippen LogP) is 0.531. The fraction of sp³-hybridized carbons (Fsp3) is 0.889. The lowest BCUT2D eigenvalue weighted by atomic mass is 10.0. The first-order valence-corrected chi connectivity index (χ1v) is 4.57. The lowest BCUT2D eigenvalue weighted by molar-refractivity contribution is -0.145. The SMILES string of the molecule is CC.COC(=O)C(C)C[C@@H](O)CN. The molecule has 13 heavy (non-hydrogen) atoms. The first-order valence-electron chi connectivity index (χ1n) is 4.57. The lowest BCUT2D eigenvalue weighted by Crippen LogP contribution is -2.25. The zero-order valence-electron chi connectivity index (χ0n) is 8.91. The Balaban J connectivity index is 0. The Bertz CT molecular complexity index is 128. The molecule has 0 aromatic rings. The molecule has 0 saturated carbocycles. The minimum atomic E-state index is -0.607. The highest BCUT2D eigenvalue weighted by Gasteiger charge is 2.16. The van der Waals surface area contributed by atoms with Crippen molar-refractivity contribution in [2.45, 2.75) is 33.3 Å². The molecule has 4 heteroatoms. The molecule has 0 aromatic carbocycles. The highest BCUT2D eigenvalue weighted by atomic mass is 16.5. The van der Waals surface area contributed by atoms with E-state index in [-0.39, 0.29) is 18.4 Å². The van der Waals surface area contributed by atoms with Gasteiger partial charge in [0.1, 0.15) is 0 Å². The molecule has 0 spiro atoms. The number of aliphatic hydroxyl groups excluding tert-OH is 1. The van der Waals surface area contributed by atoms with Crippen LogP contribution in [0.1, 0.15) is 27.2 Å². The van der Waals surface area contributed by atoms with Gasteiger partial charge in [0.25, 0.3) is 0 Å². The van der Waals surface area contributed by atoms with E-state index < -0.39 is 6.10 Å². The van der Waals surface area contributed by atoms with E-state index >= 15 is 0 Å². The zero-order chi connectivity index (χ0) is 10.9. The van der Waals surface area contributed by atoms with Gasteiger partial charge in [0.2, 0.25) is 0 Å². The summed E-state index contributed by atoms with van der Waals surface area (Å²) in [5, 5.41) is 9.04. The second-order valence-electron chi connectivity index (χ2n) is 2.55. The van der Waals surface area contributed by atoms with Gasteiger partial charge in [-0.3, -0.25) is 4.79 Å². The van der Waals surface area contributed by atoms with Crippen molar-refractivity contribution in [1.82, 2.24) is 0 Å². The van der Waals surface area contributed by atoms with Crippen molar-refractivity contribution >= 4 is 5.97 Å². The third-order valence-corrected chi connectivity index (χ3v) is 1.50. The van der Waals surface area contributed by atoms with Gasteiger partial charge in [0.05, 0.1) is 19.1 Å². The molecule has 0 aliphatic rings. The van der Waals surface area contributed by atoms with Crippen molar-refractivity contribution < 1.29 is 14.6 Å². The summed E-state index contributed by atoms with van der Waals surface area (Å²) >= 11 is 0. The Morgan fingerprint density at radius 1 is 1.54 bits per heavy atom. The van der Waals surface area contributed by atoms with Crippen molar-refractivity contribution in [3.05, 3.63) is 0 Å². The van der Waals surface area contributed by atoms with Gasteiger partial charge in [-0.1, -0.05) is 20.8 Å². The summed E-state index contributed by atoms with van der Waals surface area (Å²) < 4.78 is 4.47. The molecule has 0 heterocycles. The molecule has 4 nitrogen and oxygen atoms in total. The molecule has 0 rings (SSSR count). The van der Waals surface area contributed by atoms with E-state index in [4.69, 9.17) is 10.8 Å². The van der Waals surface area contributed by atoms with Crippen LogP contribution in [0.25, 0.3) is 0 Å². The second-order valence-corrected chi connectivity index (χ2v) is 2.55. The smallest absolute Gasteiger partial charge is 0.308 e. The maximum Gasteiger partial charge on any atom is 0.308 e. The fourth-order valence-corrected chi connectivity index (χ4v) is 0.802. The molecule has 0 saturated heterocycles. The van der Waals surface area contributed by atoms with E-state index in [1.165, 1.54) is 7.11 Å². The minimum absolute atomic E-state index is 0.182. The molecule has 0 bridgehead atoms. The molecule has 0 amide bonds. The zero-order valence-corrected chi connectivity index (χ0v) is 8.91. The molecule has 3 N–H and O–H groups in total. The number of aliphatic hydroxyl groups is 1. The number of rotatable bonds is 4. The lowest BCUT2D eigenvalue weighted by Gasteiger charge is -2.12. The summed E-state index contributed by atoms with van der Waals surface area (Å²) in [7, 11) is 1.33. The number of hydrogen-bond donors (Lipinski definition) is 2. The molecule has 0 aromatic heterocycles. The van der Waals surface area contributed by atoms with E-state index in [0.29, 0.717) is 6.42 Å². The number of carbonyl (C=O) groups is 1. The van der Waals surface area contributed by atoms with Crippen LogP contribution in [0.5, 0.6) is 0 Å². The molecule has 1 unspecified atom stereocenters. The number of methoxy groups -OCH3 is 1. The number of hydrogen-bond acceptors (Lipinski definition) is 4. The van der Waals surface area contributed by atoms with Crippen LogP contribution in [0, 0.1) is 5.92 Å². The summed E-state index contributed by atoms with van der Waals surface area (Å²) in [5.74, 6) is -0.587. The van der Waals surface area contributed by atoms with Gasteiger partial charge in [-0.25, -0.2) is 0 Å². The van der Waals surface area contributed by atoms with Crippen LogP contribution in [0.4, 0.5) is 0 Å². The van der Waals surface area contributed by atoms with E-state index in [1.807, 2.05) is 13.8 Å². The summed E-state index contributed by atoms with van der Waals surface area (Å²) in [4.78, 5) is 10.8. The average molecular weight is 191 g/mol. The monoisotopic (exact) mass is 191 g/mol. The summed E-state index contributed by atoms with van der Waals surface area (Å²) in [5.41, 5.74) is 5.16. The van der Waals surface area contributed by atoms with E-state index in [0.717, 1.165) is 0 Å². The van der Waals surface area contributed by atoms with Gasteiger partial charge in [0, 0.05) is 6.54 Å². The van der Waals surface area contributed by atoms with E-state index in [9.17, 15) is 4.79 Å². The van der Waals surface area contributed by atoms with Crippen molar-refractivity contribution in [3.63, 3.8) is 0 Å². The normalized spacial score (nSPS) is 13.7. The summed E-state index contributed by atoms with van der Waals surface area (Å²) in [6.45, 7) is 5.88. The number of esters is 1. The van der Waals surface area contributed by atoms with Gasteiger partial charge in [-0.05, 0) is 6.42 Å². The molecule has 0 aliphatic heterocycles. The molecule has 80 valence electrons. The quantitative estimate of drug-likeness (QED) is 0.636. The van der Waals surface area contributed by atoms with Crippen LogP contribution in [-0.4, -0.2) is 30.8 Å². The number of nitrogens with two attached hydrogens (primary N) is 1. The van der Waals surface area contributed by atoms with Crippen LogP contribution in [-0.2, 0) is 9.53 Å². The highest BCUT2D eigenvalue weighted by Crippen LogP contribution is 2.06. The van der Waals surface area contributed by atoms with Crippen LogP contribution >= 0.6 is 0 Å². The topological polar surface area (TPSA) is 72.5 Å². The molecule has 0 radical (unpaired) electrons. The van der Waals surface area contributed by atoms with Crippen LogP contribution in [0.2, 0.25) is 0 Å². The first kappa shape index (κ1) is 14.9. The summed E-state index contributed by atoms with van der Waals surface area (Å²) in [6, 6.07) is 0. The summed E-state index contributed by atoms with van der Waals surface area (Å²) in [6.07, 6.45) is -0.243. The first-order chi connectivity index (χ1) is 6.11. The third kappa shape index (κ3) is 7.74. The Morgan fingerprint density at radius 2 is 2.00 bits per heavy atom. The molecular formula is C9H21NO3. The van der Waals surface area contributed by atoms with Crippen molar-refractivity contribution in [2.75, 3.05) is 13.7 Å². The Labute approximate surface area is 80.1 Å². The van der Waals surface area contributed by atoms with Crippen LogP contribution in [0.15, 0.2) is 0 Å². The van der Waals surface area contributed by atoms with Crippen LogP contribution in [0.3, 0.4) is 0 Å². The third-order valence-electron chi connectivity index (χ3n) is 1.50. The Morgan fingerprint density at radius 3 is 2.31 bits per heavy atom. The Hall–Kier alpha value is -0.610. The Kier molecular flexibility index (Phi) is 10.9. The molecule has 2 atom stereocenters. The molecular weight excluding hydrogens is 170 g/mol.